The molecule has 69 heavy (non-hydrogen) atoms. The summed E-state index contributed by atoms with van der Waals surface area (Å²) in [5.41, 5.74) is 31.5. The van der Waals surface area contributed by atoms with Crippen LogP contribution in [0, 0.1) is 0 Å². The maximum atomic E-state index is 11.6. The first-order chi connectivity index (χ1) is 32.8. The van der Waals surface area contributed by atoms with Gasteiger partial charge in [0.15, 0.2) is 0 Å². The Morgan fingerprint density at radius 3 is 1.58 bits per heavy atom. The van der Waals surface area contributed by atoms with Crippen molar-refractivity contribution in [2.75, 3.05) is 13.1 Å². The van der Waals surface area contributed by atoms with E-state index in [1.54, 1.807) is 6.07 Å². The third kappa shape index (κ3) is 9.57. The molecule has 4 aromatic heterocycles. The number of carboxylic acids is 1. The van der Waals surface area contributed by atoms with Gasteiger partial charge in [-0.1, -0.05) is 97.1 Å². The first-order valence-corrected chi connectivity index (χ1v) is 22.8. The minimum absolute atomic E-state index is 0. The molecule has 0 unspecified atom stereocenters. The number of furan rings is 2. The number of aliphatic carboxylic acids is 1. The van der Waals surface area contributed by atoms with Crippen molar-refractivity contribution in [1.29, 1.82) is 0 Å². The van der Waals surface area contributed by atoms with Crippen molar-refractivity contribution in [2.45, 2.75) is 45.2 Å². The maximum Gasteiger partial charge on any atom is 0.303 e. The van der Waals surface area contributed by atoms with E-state index in [0.717, 1.165) is 109 Å². The molecule has 11 aromatic rings. The summed E-state index contributed by atoms with van der Waals surface area (Å²) in [6.07, 6.45) is 7.63. The average Bonchev–Trinajstić information content (AvgIpc) is 4.11. The number of carbonyl (C=O) groups excluding carboxylic acids is 1. The molecule has 0 fully saturated rings. The van der Waals surface area contributed by atoms with Crippen molar-refractivity contribution >= 4 is 102 Å². The first-order valence-electron chi connectivity index (χ1n) is 22.8. The SMILES string of the molecule is Cl.Cl.NCCc1cn(CCCCC(=O)O)c2ccc(-c3cccc4c3oc3ccccc34)cc12.NCCc1cn(Cc2cccc(C(N)=O)c2)c2ccc(-c3cccc4c3oc3ccccc34)cc12. The van der Waals surface area contributed by atoms with Crippen molar-refractivity contribution in [1.82, 2.24) is 9.13 Å². The number of fused-ring (bicyclic) bond motifs is 8. The van der Waals surface area contributed by atoms with E-state index in [1.165, 1.54) is 21.9 Å². The lowest BCUT2D eigenvalue weighted by Gasteiger charge is -2.08. The van der Waals surface area contributed by atoms with Crippen LogP contribution in [-0.4, -0.2) is 39.2 Å². The minimum Gasteiger partial charge on any atom is -0.481 e. The third-order valence-electron chi connectivity index (χ3n) is 12.8. The van der Waals surface area contributed by atoms with Gasteiger partial charge in [0, 0.05) is 91.9 Å². The summed E-state index contributed by atoms with van der Waals surface area (Å²) in [4.78, 5) is 22.4. The second kappa shape index (κ2) is 20.9. The molecular weight excluding hydrogens is 906 g/mol. The molecule has 12 heteroatoms. The Hall–Kier alpha value is -7.34. The lowest BCUT2D eigenvalue weighted by atomic mass is 9.99. The van der Waals surface area contributed by atoms with E-state index >= 15 is 0 Å². The van der Waals surface area contributed by atoms with Crippen LogP contribution in [0.2, 0.25) is 0 Å². The highest BCUT2D eigenvalue weighted by Gasteiger charge is 2.17. The molecule has 1 amide bonds. The van der Waals surface area contributed by atoms with Crippen LogP contribution in [0.5, 0.6) is 0 Å². The van der Waals surface area contributed by atoms with Crippen LogP contribution in [0.4, 0.5) is 0 Å². The van der Waals surface area contributed by atoms with Gasteiger partial charge in [-0.15, -0.1) is 24.8 Å². The van der Waals surface area contributed by atoms with Crippen LogP contribution in [0.25, 0.3) is 87.9 Å². The van der Waals surface area contributed by atoms with E-state index in [2.05, 4.69) is 106 Å². The monoisotopic (exact) mass is 957 g/mol. The highest BCUT2D eigenvalue weighted by atomic mass is 35.5. The van der Waals surface area contributed by atoms with Crippen LogP contribution >= 0.6 is 24.8 Å². The van der Waals surface area contributed by atoms with Gasteiger partial charge in [-0.2, -0.15) is 0 Å². The number of carboxylic acid groups (broad SMARTS) is 1. The fourth-order valence-corrected chi connectivity index (χ4v) is 9.63. The van der Waals surface area contributed by atoms with E-state index in [4.69, 9.17) is 31.1 Å². The molecule has 7 aromatic carbocycles. The minimum atomic E-state index is -0.740. The van der Waals surface area contributed by atoms with Gasteiger partial charge in [0.2, 0.25) is 5.91 Å². The van der Waals surface area contributed by atoms with E-state index in [9.17, 15) is 9.59 Å². The summed E-state index contributed by atoms with van der Waals surface area (Å²) in [5, 5.41) is 15.7. The van der Waals surface area contributed by atoms with Crippen LogP contribution in [-0.2, 0) is 30.7 Å². The number of hydrogen-bond donors (Lipinski definition) is 4. The predicted octanol–water partition coefficient (Wildman–Crippen LogP) is 12.7. The van der Waals surface area contributed by atoms with Gasteiger partial charge in [0.05, 0.1) is 0 Å². The Morgan fingerprint density at radius 1 is 0.536 bits per heavy atom. The molecule has 7 N–H and O–H groups in total. The number of nitrogens with zero attached hydrogens (tertiary/aromatic N) is 2. The highest BCUT2D eigenvalue weighted by Crippen LogP contribution is 2.39. The number of rotatable bonds is 14. The van der Waals surface area contributed by atoms with Crippen molar-refractivity contribution < 1.29 is 23.5 Å². The van der Waals surface area contributed by atoms with Gasteiger partial charge in [-0.25, -0.2) is 0 Å². The van der Waals surface area contributed by atoms with Gasteiger partial charge in [-0.3, -0.25) is 9.59 Å². The number of hydrogen-bond acceptors (Lipinski definition) is 6. The molecule has 0 atom stereocenters. The van der Waals surface area contributed by atoms with E-state index in [0.29, 0.717) is 31.6 Å². The molecular formula is C57H53Cl2N5O5. The van der Waals surface area contributed by atoms with E-state index < -0.39 is 11.9 Å². The Morgan fingerprint density at radius 2 is 1.04 bits per heavy atom. The molecule has 10 nitrogen and oxygen atoms in total. The zero-order chi connectivity index (χ0) is 46.0. The van der Waals surface area contributed by atoms with Gasteiger partial charge in [0.1, 0.15) is 22.3 Å². The number of aromatic nitrogens is 2. The van der Waals surface area contributed by atoms with E-state index in [-0.39, 0.29) is 31.2 Å². The summed E-state index contributed by atoms with van der Waals surface area (Å²) >= 11 is 0. The smallest absolute Gasteiger partial charge is 0.303 e. The number of nitrogens with two attached hydrogens (primary N) is 3. The van der Waals surface area contributed by atoms with Crippen LogP contribution in [0.1, 0.15) is 46.3 Å². The van der Waals surface area contributed by atoms with Gasteiger partial charge < -0.3 is 40.3 Å². The molecule has 0 aliphatic rings. The zero-order valence-corrected chi connectivity index (χ0v) is 39.5. The van der Waals surface area contributed by atoms with Crippen LogP contribution in [0.3, 0.4) is 0 Å². The standard InChI is InChI=1S/C30H25N3O2.C27H26N2O3.2ClH/c31-14-13-22-18-33(17-19-5-3-6-21(15-19)30(32)34)27-12-11-20(16-26(22)27)23-8-4-9-25-24-7-1-2-10-28(24)35-29(23)25;28-14-13-19-17-29(15-4-3-10-26(30)31)24-12-11-18(16-23(19)24)20-7-5-8-22-21-6-1-2-9-25(21)32-27(20)22;;/h1-12,15-16,18H,13-14,17,31H2,(H2,32,34);1-2,5-9,11-12,16-17H,3-4,10,13-15,28H2,(H,30,31);2*1H. The number of para-hydroxylation sites is 4. The number of halogens is 2. The molecule has 0 saturated carbocycles. The molecule has 0 radical (unpaired) electrons. The second-order valence-corrected chi connectivity index (χ2v) is 17.1. The van der Waals surface area contributed by atoms with Gasteiger partial charge in [0.25, 0.3) is 0 Å². The molecule has 350 valence electrons. The van der Waals surface area contributed by atoms with Gasteiger partial charge >= 0.3 is 5.97 Å². The second-order valence-electron chi connectivity index (χ2n) is 17.1. The molecule has 4 heterocycles. The Labute approximate surface area is 411 Å². The number of benzene rings is 7. The fraction of sp³-hybridized carbons (Fsp3) is 0.158. The quantitative estimate of drug-likeness (QED) is 0.0787. The number of carbonyl (C=O) groups is 2. The van der Waals surface area contributed by atoms with Crippen LogP contribution in [0.15, 0.2) is 167 Å². The van der Waals surface area contributed by atoms with Crippen LogP contribution < -0.4 is 17.2 Å². The summed E-state index contributed by atoms with van der Waals surface area (Å²) < 4.78 is 17.0. The van der Waals surface area contributed by atoms with E-state index in [1.807, 2.05) is 54.6 Å². The summed E-state index contributed by atoms with van der Waals surface area (Å²) in [6, 6.07) is 49.4. The van der Waals surface area contributed by atoms with Crippen molar-refractivity contribution in [2.24, 2.45) is 17.2 Å². The predicted molar refractivity (Wildman–Crippen MR) is 285 cm³/mol. The normalized spacial score (nSPS) is 11.3. The Balaban J connectivity index is 0.000000182. The maximum absolute atomic E-state index is 11.6. The number of aryl methyl sites for hydroxylation is 1. The lowest BCUT2D eigenvalue weighted by Crippen LogP contribution is -2.11. The number of primary amides is 1. The fourth-order valence-electron chi connectivity index (χ4n) is 9.63. The Bertz CT molecular complexity index is 3640. The highest BCUT2D eigenvalue weighted by molar-refractivity contribution is 6.11. The number of unbranched alkanes of at least 4 members (excludes halogenated alkanes) is 1. The summed E-state index contributed by atoms with van der Waals surface area (Å²) in [5.74, 6) is -1.16. The Kier molecular flexibility index (Phi) is 14.6. The van der Waals surface area contributed by atoms with Crippen molar-refractivity contribution in [3.8, 4) is 22.3 Å². The largest absolute Gasteiger partial charge is 0.481 e. The molecule has 0 aliphatic heterocycles. The molecule has 11 rings (SSSR count). The lowest BCUT2D eigenvalue weighted by molar-refractivity contribution is -0.137. The summed E-state index contributed by atoms with van der Waals surface area (Å²) in [6.45, 7) is 2.59. The topological polar surface area (TPSA) is 169 Å². The van der Waals surface area contributed by atoms with Crippen molar-refractivity contribution in [3.63, 3.8) is 0 Å². The molecule has 0 bridgehead atoms. The third-order valence-corrected chi connectivity index (χ3v) is 12.8. The first kappa shape index (κ1) is 48.1. The molecule has 0 saturated heterocycles. The number of amides is 1. The molecule has 0 spiro atoms. The van der Waals surface area contributed by atoms with Crippen molar-refractivity contribution in [3.05, 3.63) is 180 Å². The van der Waals surface area contributed by atoms with Gasteiger partial charge in [-0.05, 0) is 115 Å². The average molecular weight is 959 g/mol. The molecule has 0 aliphatic carbocycles. The zero-order valence-electron chi connectivity index (χ0n) is 37.9. The summed E-state index contributed by atoms with van der Waals surface area (Å²) in [7, 11) is 0.